The Morgan fingerprint density at radius 2 is 2.11 bits per heavy atom. The molecule has 0 aliphatic carbocycles. The van der Waals surface area contributed by atoms with E-state index in [1.165, 1.54) is 16.8 Å². The largest absolute Gasteiger partial charge is 0.348 e. The molecule has 0 bridgehead atoms. The molecular formula is C10H15N2O5P. The number of unbranched alkanes of at least 4 members (excludes halogenated alkanes) is 1. The summed E-state index contributed by atoms with van der Waals surface area (Å²) >= 11 is 0. The number of H-pyrrole nitrogens is 1. The van der Waals surface area contributed by atoms with Crippen LogP contribution in [0.15, 0.2) is 27.7 Å². The molecule has 1 rings (SSSR count). The molecule has 1 aromatic heterocycles. The first-order chi connectivity index (χ1) is 8.29. The summed E-state index contributed by atoms with van der Waals surface area (Å²) < 4.78 is 11.9. The average molecular weight is 274 g/mol. The van der Waals surface area contributed by atoms with Crippen LogP contribution in [-0.4, -0.2) is 19.3 Å². The van der Waals surface area contributed by atoms with Crippen LogP contribution in [0.25, 0.3) is 0 Å². The van der Waals surface area contributed by atoms with Gasteiger partial charge in [-0.15, -0.1) is 0 Å². The summed E-state index contributed by atoms with van der Waals surface area (Å²) in [5, 5.41) is 0. The normalized spacial score (nSPS) is 12.2. The highest BCUT2D eigenvalue weighted by atomic mass is 31.2. The van der Waals surface area contributed by atoms with Gasteiger partial charge in [0.05, 0.1) is 0 Å². The molecule has 0 amide bonds. The van der Waals surface area contributed by atoms with Crippen molar-refractivity contribution in [1.29, 1.82) is 0 Å². The summed E-state index contributed by atoms with van der Waals surface area (Å²) in [4.78, 5) is 41.8. The van der Waals surface area contributed by atoms with E-state index in [1.54, 1.807) is 6.92 Å². The molecule has 0 unspecified atom stereocenters. The molecule has 0 saturated heterocycles. The van der Waals surface area contributed by atoms with Crippen LogP contribution in [-0.2, 0) is 11.1 Å². The molecule has 0 atom stereocenters. The van der Waals surface area contributed by atoms with Gasteiger partial charge in [0.2, 0.25) is 0 Å². The van der Waals surface area contributed by atoms with E-state index in [0.29, 0.717) is 24.9 Å². The zero-order valence-electron chi connectivity index (χ0n) is 9.87. The lowest BCUT2D eigenvalue weighted by Crippen LogP contribution is -2.30. The van der Waals surface area contributed by atoms with Crippen LogP contribution in [0.5, 0.6) is 0 Å². The van der Waals surface area contributed by atoms with Crippen molar-refractivity contribution in [1.82, 2.24) is 9.55 Å². The Labute approximate surface area is 103 Å². The van der Waals surface area contributed by atoms with Gasteiger partial charge < -0.3 is 14.4 Å². The van der Waals surface area contributed by atoms with Gasteiger partial charge in [0.15, 0.2) is 0 Å². The molecule has 1 aromatic rings. The predicted octanol–water partition coefficient (Wildman–Crippen LogP) is 0.317. The van der Waals surface area contributed by atoms with Crippen molar-refractivity contribution in [2.24, 2.45) is 0 Å². The molecule has 100 valence electrons. The van der Waals surface area contributed by atoms with Gasteiger partial charge in [0, 0.05) is 24.1 Å². The zero-order chi connectivity index (χ0) is 13.8. The minimum Gasteiger partial charge on any atom is -0.321 e. The van der Waals surface area contributed by atoms with Crippen LogP contribution < -0.4 is 11.2 Å². The average Bonchev–Trinajstić information content (AvgIpc) is 2.23. The molecule has 0 spiro atoms. The van der Waals surface area contributed by atoms with E-state index < -0.39 is 18.8 Å². The fourth-order valence-electron chi connectivity index (χ4n) is 1.38. The number of allylic oxidation sites excluding steroid dienone is 1. The minimum atomic E-state index is -4.10. The molecule has 0 radical (unpaired) electrons. The summed E-state index contributed by atoms with van der Waals surface area (Å²) in [5.41, 5.74) is -0.442. The first-order valence-corrected chi connectivity index (χ1v) is 7.01. The van der Waals surface area contributed by atoms with E-state index in [0.717, 1.165) is 5.82 Å². The van der Waals surface area contributed by atoms with Crippen LogP contribution >= 0.6 is 7.60 Å². The second-order valence-corrected chi connectivity index (χ2v) is 5.36. The second-order valence-electron chi connectivity index (χ2n) is 3.88. The minimum absolute atomic E-state index is 0.377. The number of aryl methyl sites for hydroxylation is 2. The van der Waals surface area contributed by atoms with Gasteiger partial charge in [-0.25, -0.2) is 4.79 Å². The van der Waals surface area contributed by atoms with E-state index in [1.807, 2.05) is 0 Å². The molecule has 8 heteroatoms. The lowest BCUT2D eigenvalue weighted by Gasteiger charge is -2.04. The summed E-state index contributed by atoms with van der Waals surface area (Å²) in [5.74, 6) is 0.841. The number of aromatic nitrogens is 2. The molecule has 0 saturated carbocycles. The third-order valence-corrected chi connectivity index (χ3v) is 2.86. The molecule has 7 nitrogen and oxygen atoms in total. The number of hydrogen-bond acceptors (Lipinski definition) is 3. The van der Waals surface area contributed by atoms with E-state index >= 15 is 0 Å². The molecule has 0 aromatic carbocycles. The number of nitrogens with zero attached hydrogens (tertiary/aromatic N) is 1. The van der Waals surface area contributed by atoms with E-state index in [9.17, 15) is 14.2 Å². The van der Waals surface area contributed by atoms with Gasteiger partial charge in [-0.3, -0.25) is 14.3 Å². The summed E-state index contributed by atoms with van der Waals surface area (Å²) in [6.45, 7) is 1.98. The SMILES string of the molecule is Cc1cn(CCC/C=C/P(=O)(O)O)c(=O)[nH]c1=O. The monoisotopic (exact) mass is 274 g/mol. The highest BCUT2D eigenvalue weighted by Gasteiger charge is 2.04. The Kier molecular flexibility index (Phi) is 4.84. The van der Waals surface area contributed by atoms with Gasteiger partial charge in [-0.05, 0) is 19.8 Å². The first kappa shape index (κ1) is 14.6. The van der Waals surface area contributed by atoms with Gasteiger partial charge in [-0.2, -0.15) is 0 Å². The predicted molar refractivity (Wildman–Crippen MR) is 66.5 cm³/mol. The van der Waals surface area contributed by atoms with Gasteiger partial charge in [0.25, 0.3) is 5.56 Å². The molecule has 1 heterocycles. The maximum Gasteiger partial charge on any atom is 0.348 e. The van der Waals surface area contributed by atoms with Gasteiger partial charge in [0.1, 0.15) is 0 Å². The fraction of sp³-hybridized carbons (Fsp3) is 0.400. The Bertz CT molecular complexity index is 595. The smallest absolute Gasteiger partial charge is 0.321 e. The van der Waals surface area contributed by atoms with Crippen molar-refractivity contribution in [3.8, 4) is 0 Å². The van der Waals surface area contributed by atoms with Gasteiger partial charge >= 0.3 is 13.3 Å². The number of nitrogens with one attached hydrogen (secondary N) is 1. The lowest BCUT2D eigenvalue weighted by molar-refractivity contribution is 0.386. The quantitative estimate of drug-likeness (QED) is 0.528. The van der Waals surface area contributed by atoms with E-state index in [4.69, 9.17) is 9.79 Å². The van der Waals surface area contributed by atoms with Gasteiger partial charge in [-0.1, -0.05) is 6.08 Å². The second kappa shape index (κ2) is 5.95. The van der Waals surface area contributed by atoms with Crippen molar-refractivity contribution < 1.29 is 14.4 Å². The van der Waals surface area contributed by atoms with Crippen LogP contribution in [0.2, 0.25) is 0 Å². The molecule has 0 aliphatic rings. The maximum atomic E-state index is 11.4. The molecule has 0 aliphatic heterocycles. The van der Waals surface area contributed by atoms with E-state index in [-0.39, 0.29) is 0 Å². The third-order valence-electron chi connectivity index (χ3n) is 2.26. The molecular weight excluding hydrogens is 259 g/mol. The molecule has 0 fully saturated rings. The van der Waals surface area contributed by atoms with Crippen LogP contribution in [0.3, 0.4) is 0 Å². The summed E-state index contributed by atoms with van der Waals surface area (Å²) in [7, 11) is -4.10. The van der Waals surface area contributed by atoms with Crippen molar-refractivity contribution >= 4 is 7.60 Å². The fourth-order valence-corrected chi connectivity index (χ4v) is 1.80. The van der Waals surface area contributed by atoms with Crippen LogP contribution in [0.4, 0.5) is 0 Å². The Morgan fingerprint density at radius 1 is 1.44 bits per heavy atom. The Hall–Kier alpha value is -1.43. The van der Waals surface area contributed by atoms with Crippen molar-refractivity contribution in [2.75, 3.05) is 0 Å². The van der Waals surface area contributed by atoms with E-state index in [2.05, 4.69) is 4.98 Å². The van der Waals surface area contributed by atoms with Crippen molar-refractivity contribution in [3.05, 3.63) is 44.5 Å². The standard InChI is InChI=1S/C10H15N2O5P/c1-8-7-12(10(14)11-9(8)13)5-3-2-4-6-18(15,16)17/h4,6-7H,2-3,5H2,1H3,(H,11,13,14)(H2,15,16,17)/b6-4+. The highest BCUT2D eigenvalue weighted by Crippen LogP contribution is 2.36. The number of hydrogen-bond donors (Lipinski definition) is 3. The molecule has 18 heavy (non-hydrogen) atoms. The Morgan fingerprint density at radius 3 is 2.72 bits per heavy atom. The number of rotatable bonds is 5. The first-order valence-electron chi connectivity index (χ1n) is 5.33. The van der Waals surface area contributed by atoms with Crippen LogP contribution in [0, 0.1) is 6.92 Å². The lowest BCUT2D eigenvalue weighted by atomic mass is 10.3. The topological polar surface area (TPSA) is 112 Å². The summed E-state index contributed by atoms with van der Waals surface area (Å²) in [6, 6.07) is 0. The van der Waals surface area contributed by atoms with Crippen molar-refractivity contribution in [2.45, 2.75) is 26.3 Å². The third kappa shape index (κ3) is 4.83. The van der Waals surface area contributed by atoms with Crippen molar-refractivity contribution in [3.63, 3.8) is 0 Å². The Balaban J connectivity index is 2.58. The number of aromatic amines is 1. The maximum absolute atomic E-state index is 11.4. The zero-order valence-corrected chi connectivity index (χ0v) is 10.8. The summed E-state index contributed by atoms with van der Waals surface area (Å²) in [6.07, 6.45) is 3.83. The van der Waals surface area contributed by atoms with Crippen LogP contribution in [0.1, 0.15) is 18.4 Å². The molecule has 3 N–H and O–H groups in total. The highest BCUT2D eigenvalue weighted by molar-refractivity contribution is 7.55.